The first-order valence-electron chi connectivity index (χ1n) is 7.02. The fraction of sp³-hybridized carbons (Fsp3) is 0.533. The molecule has 110 valence electrons. The van der Waals surface area contributed by atoms with Gasteiger partial charge in [0.05, 0.1) is 20.3 Å². The third-order valence-corrected chi connectivity index (χ3v) is 3.37. The van der Waals surface area contributed by atoms with Gasteiger partial charge in [-0.3, -0.25) is 9.69 Å². The largest absolute Gasteiger partial charge is 0.497 e. The van der Waals surface area contributed by atoms with Crippen LogP contribution in [-0.4, -0.2) is 57.3 Å². The van der Waals surface area contributed by atoms with Gasteiger partial charge in [-0.05, 0) is 31.2 Å². The second kappa shape index (κ2) is 7.87. The third-order valence-electron chi connectivity index (χ3n) is 3.37. The number of nitrogens with one attached hydrogen (secondary N) is 1. The first kappa shape index (κ1) is 14.8. The van der Waals surface area contributed by atoms with Gasteiger partial charge in [0, 0.05) is 25.2 Å². The van der Waals surface area contributed by atoms with Crippen molar-refractivity contribution in [3.63, 3.8) is 0 Å². The highest BCUT2D eigenvalue weighted by atomic mass is 16.5. The maximum absolute atomic E-state index is 12.0. The fourth-order valence-electron chi connectivity index (χ4n) is 2.20. The fourth-order valence-corrected chi connectivity index (χ4v) is 2.20. The van der Waals surface area contributed by atoms with Crippen LogP contribution in [0.25, 0.3) is 0 Å². The van der Waals surface area contributed by atoms with E-state index in [2.05, 4.69) is 10.2 Å². The minimum Gasteiger partial charge on any atom is -0.497 e. The molecule has 1 N–H and O–H groups in total. The van der Waals surface area contributed by atoms with E-state index >= 15 is 0 Å². The average molecular weight is 278 g/mol. The molecule has 5 nitrogen and oxygen atoms in total. The number of hydrogen-bond donors (Lipinski definition) is 1. The molecule has 0 aromatic heterocycles. The van der Waals surface area contributed by atoms with Gasteiger partial charge in [0.15, 0.2) is 0 Å². The van der Waals surface area contributed by atoms with Crippen LogP contribution < -0.4 is 10.1 Å². The van der Waals surface area contributed by atoms with E-state index in [0.717, 1.165) is 39.3 Å². The van der Waals surface area contributed by atoms with Gasteiger partial charge in [-0.15, -0.1) is 0 Å². The van der Waals surface area contributed by atoms with Gasteiger partial charge >= 0.3 is 0 Å². The average Bonchev–Trinajstić information content (AvgIpc) is 2.52. The Hall–Kier alpha value is -1.59. The van der Waals surface area contributed by atoms with Crippen LogP contribution in [-0.2, 0) is 4.74 Å². The van der Waals surface area contributed by atoms with Crippen molar-refractivity contribution in [3.8, 4) is 5.75 Å². The lowest BCUT2D eigenvalue weighted by molar-refractivity contribution is 0.0374. The molecule has 1 saturated heterocycles. The summed E-state index contributed by atoms with van der Waals surface area (Å²) < 4.78 is 10.4. The molecular formula is C15H22N2O3. The number of ether oxygens (including phenoxy) is 2. The number of amides is 1. The Morgan fingerprint density at radius 1 is 1.40 bits per heavy atom. The molecule has 0 spiro atoms. The van der Waals surface area contributed by atoms with Crippen molar-refractivity contribution in [2.24, 2.45) is 0 Å². The summed E-state index contributed by atoms with van der Waals surface area (Å²) in [7, 11) is 1.60. The first-order chi connectivity index (χ1) is 9.79. The molecule has 0 atom stereocenters. The van der Waals surface area contributed by atoms with Crippen LogP contribution in [0.15, 0.2) is 24.3 Å². The number of carbonyl (C=O) groups is 1. The normalized spacial score (nSPS) is 15.8. The first-order valence-corrected chi connectivity index (χ1v) is 7.02. The number of hydrogen-bond acceptors (Lipinski definition) is 4. The molecular weight excluding hydrogens is 256 g/mol. The molecule has 20 heavy (non-hydrogen) atoms. The van der Waals surface area contributed by atoms with Gasteiger partial charge in [0.1, 0.15) is 5.75 Å². The molecule has 1 aromatic rings. The summed E-state index contributed by atoms with van der Waals surface area (Å²) in [6, 6.07) is 7.19. The number of carbonyl (C=O) groups excluding carboxylic acids is 1. The molecule has 0 radical (unpaired) electrons. The second-order valence-electron chi connectivity index (χ2n) is 4.80. The smallest absolute Gasteiger partial charge is 0.251 e. The summed E-state index contributed by atoms with van der Waals surface area (Å²) in [5.74, 6) is 0.650. The Morgan fingerprint density at radius 2 is 2.20 bits per heavy atom. The predicted octanol–water partition coefficient (Wildman–Crippen LogP) is 1.15. The van der Waals surface area contributed by atoms with Gasteiger partial charge in [-0.25, -0.2) is 0 Å². The van der Waals surface area contributed by atoms with Gasteiger partial charge in [-0.2, -0.15) is 0 Å². The van der Waals surface area contributed by atoms with E-state index in [1.807, 2.05) is 12.1 Å². The van der Waals surface area contributed by atoms with Gasteiger partial charge in [0.25, 0.3) is 5.91 Å². The standard InChI is InChI=1S/C15H22N2O3/c1-19-14-5-2-4-13(12-14)15(18)16-6-3-7-17-8-10-20-11-9-17/h2,4-5,12H,3,6-11H2,1H3,(H,16,18). The number of methoxy groups -OCH3 is 1. The molecule has 1 aliphatic rings. The Balaban J connectivity index is 1.69. The van der Waals surface area contributed by atoms with Gasteiger partial charge < -0.3 is 14.8 Å². The highest BCUT2D eigenvalue weighted by Gasteiger charge is 2.10. The number of morpholine rings is 1. The maximum atomic E-state index is 12.0. The van der Waals surface area contributed by atoms with Crippen LogP contribution in [0.2, 0.25) is 0 Å². The van der Waals surface area contributed by atoms with Crippen LogP contribution in [0.1, 0.15) is 16.8 Å². The summed E-state index contributed by atoms with van der Waals surface area (Å²) in [6.45, 7) is 5.30. The summed E-state index contributed by atoms with van der Waals surface area (Å²) in [6.07, 6.45) is 0.954. The molecule has 1 heterocycles. The Labute approximate surface area is 119 Å². The predicted molar refractivity (Wildman–Crippen MR) is 77.2 cm³/mol. The summed E-state index contributed by atoms with van der Waals surface area (Å²) in [4.78, 5) is 14.3. The van der Waals surface area contributed by atoms with Crippen molar-refractivity contribution in [2.45, 2.75) is 6.42 Å². The van der Waals surface area contributed by atoms with Crippen LogP contribution >= 0.6 is 0 Å². The zero-order chi connectivity index (χ0) is 14.2. The molecule has 1 fully saturated rings. The van der Waals surface area contributed by atoms with Crippen LogP contribution in [0, 0.1) is 0 Å². The van der Waals surface area contributed by atoms with E-state index in [4.69, 9.17) is 9.47 Å². The third kappa shape index (κ3) is 4.51. The van der Waals surface area contributed by atoms with E-state index in [-0.39, 0.29) is 5.91 Å². The van der Waals surface area contributed by atoms with Crippen LogP contribution in [0.4, 0.5) is 0 Å². The maximum Gasteiger partial charge on any atom is 0.251 e. The number of rotatable bonds is 6. The zero-order valence-corrected chi connectivity index (χ0v) is 11.9. The van der Waals surface area contributed by atoms with Crippen molar-refractivity contribution in [1.82, 2.24) is 10.2 Å². The van der Waals surface area contributed by atoms with Crippen LogP contribution in [0.5, 0.6) is 5.75 Å². The Kier molecular flexibility index (Phi) is 5.83. The van der Waals surface area contributed by atoms with Crippen LogP contribution in [0.3, 0.4) is 0 Å². The Bertz CT molecular complexity index is 431. The molecule has 1 aliphatic heterocycles. The molecule has 0 aliphatic carbocycles. The number of benzene rings is 1. The lowest BCUT2D eigenvalue weighted by Gasteiger charge is -2.26. The molecule has 2 rings (SSSR count). The summed E-state index contributed by atoms with van der Waals surface area (Å²) >= 11 is 0. The van der Waals surface area contributed by atoms with E-state index in [1.54, 1.807) is 19.2 Å². The highest BCUT2D eigenvalue weighted by molar-refractivity contribution is 5.94. The van der Waals surface area contributed by atoms with Crippen molar-refractivity contribution < 1.29 is 14.3 Å². The van der Waals surface area contributed by atoms with Crippen molar-refractivity contribution in [3.05, 3.63) is 29.8 Å². The quantitative estimate of drug-likeness (QED) is 0.793. The number of nitrogens with zero attached hydrogens (tertiary/aromatic N) is 1. The summed E-state index contributed by atoms with van der Waals surface area (Å²) in [5, 5.41) is 2.94. The lowest BCUT2D eigenvalue weighted by atomic mass is 10.2. The zero-order valence-electron chi connectivity index (χ0n) is 11.9. The monoisotopic (exact) mass is 278 g/mol. The topological polar surface area (TPSA) is 50.8 Å². The SMILES string of the molecule is COc1cccc(C(=O)NCCCN2CCOCC2)c1. The molecule has 0 bridgehead atoms. The van der Waals surface area contributed by atoms with Crippen molar-refractivity contribution >= 4 is 5.91 Å². The molecule has 5 heteroatoms. The van der Waals surface area contributed by atoms with Crippen molar-refractivity contribution in [1.29, 1.82) is 0 Å². The van der Waals surface area contributed by atoms with E-state index in [1.165, 1.54) is 0 Å². The molecule has 1 aromatic carbocycles. The summed E-state index contributed by atoms with van der Waals surface area (Å²) in [5.41, 5.74) is 0.635. The van der Waals surface area contributed by atoms with E-state index in [0.29, 0.717) is 17.9 Å². The Morgan fingerprint density at radius 3 is 2.95 bits per heavy atom. The van der Waals surface area contributed by atoms with E-state index in [9.17, 15) is 4.79 Å². The molecule has 1 amide bonds. The van der Waals surface area contributed by atoms with Crippen molar-refractivity contribution in [2.75, 3.05) is 46.5 Å². The van der Waals surface area contributed by atoms with E-state index < -0.39 is 0 Å². The molecule has 0 unspecified atom stereocenters. The highest BCUT2D eigenvalue weighted by Crippen LogP contribution is 2.12. The molecule has 0 saturated carbocycles. The minimum absolute atomic E-state index is 0.0501. The van der Waals surface area contributed by atoms with Gasteiger partial charge in [0.2, 0.25) is 0 Å². The lowest BCUT2D eigenvalue weighted by Crippen LogP contribution is -2.38. The second-order valence-corrected chi connectivity index (χ2v) is 4.80. The minimum atomic E-state index is -0.0501. The van der Waals surface area contributed by atoms with Gasteiger partial charge in [-0.1, -0.05) is 6.07 Å².